The van der Waals surface area contributed by atoms with E-state index in [0.717, 1.165) is 9.87 Å². The Balaban J connectivity index is 1.42. The van der Waals surface area contributed by atoms with E-state index in [0.29, 0.717) is 16.5 Å². The van der Waals surface area contributed by atoms with E-state index in [1.807, 2.05) is 30.3 Å². The SMILES string of the molecule is COc1ccc(N(C)C(=O)C(Cc2ccccc2)NC(=O)CN2CCN(S(=O)(=O)c3ccc(Cl)cc3)CC2=O)cc1. The smallest absolute Gasteiger partial charge is 0.249 e. The van der Waals surface area contributed by atoms with Crippen molar-refractivity contribution in [2.75, 3.05) is 45.2 Å². The second-order valence-electron chi connectivity index (χ2n) is 9.51. The van der Waals surface area contributed by atoms with Crippen LogP contribution in [0.2, 0.25) is 5.02 Å². The zero-order chi connectivity index (χ0) is 29.6. The van der Waals surface area contributed by atoms with Crippen molar-refractivity contribution in [3.8, 4) is 5.75 Å². The minimum Gasteiger partial charge on any atom is -0.497 e. The maximum Gasteiger partial charge on any atom is 0.249 e. The molecule has 1 aliphatic heterocycles. The van der Waals surface area contributed by atoms with E-state index < -0.39 is 34.4 Å². The summed E-state index contributed by atoms with van der Waals surface area (Å²) in [5.74, 6) is -0.720. The van der Waals surface area contributed by atoms with Crippen LogP contribution in [0, 0.1) is 0 Å². The van der Waals surface area contributed by atoms with Gasteiger partial charge >= 0.3 is 0 Å². The number of methoxy groups -OCH3 is 1. The first kappa shape index (κ1) is 30.0. The Labute approximate surface area is 244 Å². The number of nitrogens with zero attached hydrogens (tertiary/aromatic N) is 3. The summed E-state index contributed by atoms with van der Waals surface area (Å²) in [4.78, 5) is 42.3. The number of halogens is 1. The van der Waals surface area contributed by atoms with Crippen molar-refractivity contribution >= 4 is 45.0 Å². The number of hydrogen-bond acceptors (Lipinski definition) is 6. The van der Waals surface area contributed by atoms with Crippen molar-refractivity contribution in [3.05, 3.63) is 89.4 Å². The average Bonchev–Trinajstić information content (AvgIpc) is 2.98. The topological polar surface area (TPSA) is 116 Å². The highest BCUT2D eigenvalue weighted by Crippen LogP contribution is 2.21. The van der Waals surface area contributed by atoms with Gasteiger partial charge in [0.1, 0.15) is 11.8 Å². The lowest BCUT2D eigenvalue weighted by molar-refractivity contribution is -0.139. The number of hydrogen-bond donors (Lipinski definition) is 1. The highest BCUT2D eigenvalue weighted by molar-refractivity contribution is 7.89. The van der Waals surface area contributed by atoms with Crippen LogP contribution in [0.5, 0.6) is 5.75 Å². The normalized spacial score (nSPS) is 14.8. The molecule has 1 heterocycles. The lowest BCUT2D eigenvalue weighted by Gasteiger charge is -2.33. The van der Waals surface area contributed by atoms with E-state index in [1.165, 1.54) is 34.1 Å². The third-order valence-electron chi connectivity index (χ3n) is 6.78. The summed E-state index contributed by atoms with van der Waals surface area (Å²) in [7, 11) is -0.723. The monoisotopic (exact) mass is 598 g/mol. The molecule has 3 aromatic rings. The van der Waals surface area contributed by atoms with E-state index in [4.69, 9.17) is 16.3 Å². The maximum absolute atomic E-state index is 13.5. The molecular weight excluding hydrogens is 568 g/mol. The molecule has 1 unspecified atom stereocenters. The molecule has 1 fully saturated rings. The molecule has 0 saturated carbocycles. The molecule has 0 spiro atoms. The molecular formula is C29H31ClN4O6S. The summed E-state index contributed by atoms with van der Waals surface area (Å²) >= 11 is 5.86. The summed E-state index contributed by atoms with van der Waals surface area (Å²) in [5.41, 5.74) is 1.47. The van der Waals surface area contributed by atoms with Crippen molar-refractivity contribution < 1.29 is 27.5 Å². The highest BCUT2D eigenvalue weighted by Gasteiger charge is 2.34. The van der Waals surface area contributed by atoms with Crippen LogP contribution in [-0.2, 0) is 30.8 Å². The van der Waals surface area contributed by atoms with Gasteiger partial charge in [0.15, 0.2) is 0 Å². The Bertz CT molecular complexity index is 1480. The first-order valence-electron chi connectivity index (χ1n) is 12.9. The van der Waals surface area contributed by atoms with Crippen LogP contribution < -0.4 is 15.0 Å². The van der Waals surface area contributed by atoms with Crippen LogP contribution in [0.15, 0.2) is 83.8 Å². The van der Waals surface area contributed by atoms with Crippen molar-refractivity contribution in [2.45, 2.75) is 17.4 Å². The molecule has 4 rings (SSSR count). The molecule has 1 atom stereocenters. The molecule has 1 saturated heterocycles. The van der Waals surface area contributed by atoms with Crippen molar-refractivity contribution in [1.82, 2.24) is 14.5 Å². The summed E-state index contributed by atoms with van der Waals surface area (Å²) in [6.45, 7) is -0.651. The van der Waals surface area contributed by atoms with Crippen LogP contribution in [0.25, 0.3) is 0 Å². The number of benzene rings is 3. The Kier molecular flexibility index (Phi) is 9.64. The van der Waals surface area contributed by atoms with Crippen molar-refractivity contribution in [2.24, 2.45) is 0 Å². The van der Waals surface area contributed by atoms with Gasteiger partial charge in [0, 0.05) is 37.3 Å². The fraction of sp³-hybridized carbons (Fsp3) is 0.276. The number of piperazine rings is 1. The van der Waals surface area contributed by atoms with Gasteiger partial charge in [-0.15, -0.1) is 0 Å². The molecule has 0 bridgehead atoms. The average molecular weight is 599 g/mol. The van der Waals surface area contributed by atoms with Crippen LogP contribution in [0.4, 0.5) is 5.69 Å². The van der Waals surface area contributed by atoms with Gasteiger partial charge in [-0.25, -0.2) is 8.42 Å². The predicted octanol–water partition coefficient (Wildman–Crippen LogP) is 2.57. The molecule has 1 N–H and O–H groups in total. The minimum atomic E-state index is -3.90. The largest absolute Gasteiger partial charge is 0.497 e. The molecule has 0 radical (unpaired) electrons. The number of nitrogens with one attached hydrogen (secondary N) is 1. The van der Waals surface area contributed by atoms with E-state index in [-0.39, 0.29) is 36.9 Å². The van der Waals surface area contributed by atoms with E-state index >= 15 is 0 Å². The van der Waals surface area contributed by atoms with E-state index in [1.54, 1.807) is 38.4 Å². The summed E-state index contributed by atoms with van der Waals surface area (Å²) < 4.78 is 32.2. The summed E-state index contributed by atoms with van der Waals surface area (Å²) in [6, 6.07) is 21.1. The Morgan fingerprint density at radius 1 is 1.00 bits per heavy atom. The third-order valence-corrected chi connectivity index (χ3v) is 8.89. The number of ether oxygens (including phenoxy) is 1. The van der Waals surface area contributed by atoms with Gasteiger partial charge in [-0.3, -0.25) is 14.4 Å². The number of sulfonamides is 1. The fourth-order valence-corrected chi connectivity index (χ4v) is 5.95. The van der Waals surface area contributed by atoms with Gasteiger partial charge in [-0.1, -0.05) is 41.9 Å². The molecule has 3 amide bonds. The van der Waals surface area contributed by atoms with Crippen LogP contribution in [0.3, 0.4) is 0 Å². The quantitative estimate of drug-likeness (QED) is 0.383. The number of rotatable bonds is 10. The van der Waals surface area contributed by atoms with Gasteiger partial charge < -0.3 is 19.9 Å². The molecule has 12 heteroatoms. The van der Waals surface area contributed by atoms with Gasteiger partial charge in [-0.05, 0) is 54.1 Å². The number of carbonyl (C=O) groups is 3. The summed E-state index contributed by atoms with van der Waals surface area (Å²) in [5, 5.41) is 3.18. The van der Waals surface area contributed by atoms with Gasteiger partial charge in [0.25, 0.3) is 0 Å². The van der Waals surface area contributed by atoms with Crippen LogP contribution in [0.1, 0.15) is 5.56 Å². The third kappa shape index (κ3) is 7.43. The van der Waals surface area contributed by atoms with Crippen LogP contribution in [-0.4, -0.2) is 81.7 Å². The van der Waals surface area contributed by atoms with Crippen LogP contribution >= 0.6 is 11.6 Å². The van der Waals surface area contributed by atoms with Gasteiger partial charge in [0.05, 0.1) is 25.1 Å². The van der Waals surface area contributed by atoms with Crippen molar-refractivity contribution in [1.29, 1.82) is 0 Å². The highest BCUT2D eigenvalue weighted by atomic mass is 35.5. The Morgan fingerprint density at radius 2 is 1.66 bits per heavy atom. The molecule has 216 valence electrons. The summed E-state index contributed by atoms with van der Waals surface area (Å²) in [6.07, 6.45) is 0.243. The van der Waals surface area contributed by atoms with E-state index in [9.17, 15) is 22.8 Å². The second-order valence-corrected chi connectivity index (χ2v) is 11.9. The number of anilines is 1. The van der Waals surface area contributed by atoms with Gasteiger partial charge in [-0.2, -0.15) is 4.31 Å². The standard InChI is InChI=1S/C29H31ClN4O6S/c1-32(23-10-12-24(40-2)13-11-23)29(37)26(18-21-6-4-3-5-7-21)31-27(35)19-33-16-17-34(20-28(33)36)41(38,39)25-14-8-22(30)9-15-25/h3-15,26H,16-20H2,1-2H3,(H,31,35). The molecule has 0 aromatic heterocycles. The molecule has 1 aliphatic rings. The van der Waals surface area contributed by atoms with E-state index in [2.05, 4.69) is 5.32 Å². The number of carbonyl (C=O) groups excluding carboxylic acids is 3. The fourth-order valence-electron chi connectivity index (χ4n) is 4.44. The van der Waals surface area contributed by atoms with Crippen molar-refractivity contribution in [3.63, 3.8) is 0 Å². The zero-order valence-electron chi connectivity index (χ0n) is 22.7. The molecule has 10 nitrogen and oxygen atoms in total. The number of likely N-dealkylation sites (N-methyl/N-ethyl adjacent to an activating group) is 1. The lowest BCUT2D eigenvalue weighted by atomic mass is 10.0. The molecule has 41 heavy (non-hydrogen) atoms. The maximum atomic E-state index is 13.5. The Morgan fingerprint density at radius 3 is 2.27 bits per heavy atom. The first-order valence-corrected chi connectivity index (χ1v) is 14.7. The first-order chi connectivity index (χ1) is 19.6. The number of amides is 3. The molecule has 3 aromatic carbocycles. The second kappa shape index (κ2) is 13.2. The Hall–Kier alpha value is -3.93. The predicted molar refractivity (Wildman–Crippen MR) is 155 cm³/mol. The minimum absolute atomic E-state index is 0.0244. The zero-order valence-corrected chi connectivity index (χ0v) is 24.3. The molecule has 0 aliphatic carbocycles. The van der Waals surface area contributed by atoms with Gasteiger partial charge in [0.2, 0.25) is 27.7 Å². The lowest BCUT2D eigenvalue weighted by Crippen LogP contribution is -2.56.